The van der Waals surface area contributed by atoms with Gasteiger partial charge >= 0.3 is 0 Å². The van der Waals surface area contributed by atoms with E-state index < -0.39 is 5.41 Å². The van der Waals surface area contributed by atoms with E-state index in [0.717, 1.165) is 66.8 Å². The third-order valence-electron chi connectivity index (χ3n) is 9.34. The molecule has 0 saturated carbocycles. The number of carbonyl (C=O) groups excluding carboxylic acids is 2. The maximum Gasteiger partial charge on any atom is 0.238 e. The van der Waals surface area contributed by atoms with Gasteiger partial charge in [0.15, 0.2) is 0 Å². The van der Waals surface area contributed by atoms with Crippen LogP contribution in [0.3, 0.4) is 0 Å². The number of benzene rings is 1. The number of piperidine rings is 1. The molecule has 47 heavy (non-hydrogen) atoms. The van der Waals surface area contributed by atoms with Crippen molar-refractivity contribution in [1.29, 1.82) is 0 Å². The number of aromatic nitrogens is 3. The lowest BCUT2D eigenvalue weighted by molar-refractivity contribution is -0.136. The summed E-state index contributed by atoms with van der Waals surface area (Å²) in [5.41, 5.74) is 4.45. The number of carbonyl (C=O) groups is 2. The average molecular weight is 644 g/mol. The van der Waals surface area contributed by atoms with Gasteiger partial charge in [0.1, 0.15) is 12.4 Å². The molecule has 0 N–H and O–H groups in total. The van der Waals surface area contributed by atoms with E-state index in [1.54, 1.807) is 6.20 Å². The first-order chi connectivity index (χ1) is 23.0. The second kappa shape index (κ2) is 16.9. The van der Waals surface area contributed by atoms with Crippen LogP contribution in [0.4, 0.5) is 5.69 Å². The number of aryl methyl sites for hydroxylation is 2. The van der Waals surface area contributed by atoms with Crippen LogP contribution in [0.25, 0.3) is 11.0 Å². The number of amides is 2. The predicted octanol–water partition coefficient (Wildman–Crippen LogP) is 5.19. The van der Waals surface area contributed by atoms with Gasteiger partial charge in [-0.3, -0.25) is 14.6 Å². The highest BCUT2D eigenvalue weighted by molar-refractivity contribution is 6.08. The zero-order valence-electron chi connectivity index (χ0n) is 28.0. The number of likely N-dealkylation sites (tertiary alicyclic amines) is 1. The number of rotatable bonds is 18. The highest BCUT2D eigenvalue weighted by Gasteiger charge is 2.52. The SMILES string of the molecule is C#CCOCCOCCCCCOCCC(=O)N1CCC2(CC1)C(=O)N(Cc1nc3cc(C)ccc3n1CCCC)c1cnccc12. The Bertz CT molecular complexity index is 1540. The number of nitrogens with zero attached hydrogens (tertiary/aromatic N) is 5. The van der Waals surface area contributed by atoms with Gasteiger partial charge in [0.05, 0.1) is 61.1 Å². The Morgan fingerprint density at radius 2 is 1.77 bits per heavy atom. The minimum absolute atomic E-state index is 0.0810. The molecule has 10 nitrogen and oxygen atoms in total. The molecule has 0 radical (unpaired) electrons. The summed E-state index contributed by atoms with van der Waals surface area (Å²) >= 11 is 0. The number of anilines is 1. The van der Waals surface area contributed by atoms with Crippen LogP contribution >= 0.6 is 0 Å². The summed E-state index contributed by atoms with van der Waals surface area (Å²) in [6, 6.07) is 8.36. The molecule has 10 heteroatoms. The Morgan fingerprint density at radius 3 is 2.53 bits per heavy atom. The largest absolute Gasteiger partial charge is 0.381 e. The van der Waals surface area contributed by atoms with Crippen LogP contribution < -0.4 is 4.90 Å². The van der Waals surface area contributed by atoms with E-state index >= 15 is 0 Å². The third-order valence-corrected chi connectivity index (χ3v) is 9.34. The van der Waals surface area contributed by atoms with Crippen LogP contribution in [0.5, 0.6) is 0 Å². The lowest BCUT2D eigenvalue weighted by atomic mass is 9.74. The molecular formula is C37H49N5O5. The molecule has 5 rings (SSSR count). The predicted molar refractivity (Wildman–Crippen MR) is 182 cm³/mol. The first kappa shape index (κ1) is 34.6. The number of hydrogen-bond acceptors (Lipinski definition) is 7. The van der Waals surface area contributed by atoms with Gasteiger partial charge in [0, 0.05) is 39.0 Å². The van der Waals surface area contributed by atoms with Crippen LogP contribution in [0.1, 0.15) is 75.2 Å². The van der Waals surface area contributed by atoms with Crippen LogP contribution in [-0.2, 0) is 42.3 Å². The normalized spacial score (nSPS) is 15.5. The van der Waals surface area contributed by atoms with Crippen molar-refractivity contribution >= 4 is 28.5 Å². The van der Waals surface area contributed by atoms with Gasteiger partial charge in [0.25, 0.3) is 0 Å². The Morgan fingerprint density at radius 1 is 1.00 bits per heavy atom. The number of ether oxygens (including phenoxy) is 3. The standard InChI is InChI=1S/C37H49N5O5/c1-4-6-17-41-32-11-10-29(3)26-31(32)39-34(41)28-42-33-27-38-16-12-30(33)37(36(42)44)14-18-40(19-15-37)35(43)13-23-46-21-8-7-9-22-47-25-24-45-20-5-2/h2,10-12,16,26-27H,4,6-9,13-15,17-25,28H2,1,3H3. The molecule has 0 bridgehead atoms. The first-order valence-corrected chi connectivity index (χ1v) is 17.1. The second-order valence-corrected chi connectivity index (χ2v) is 12.6. The van der Waals surface area contributed by atoms with E-state index in [9.17, 15) is 9.59 Å². The smallest absolute Gasteiger partial charge is 0.238 e. The Balaban J connectivity index is 1.11. The lowest BCUT2D eigenvalue weighted by Crippen LogP contribution is -2.50. The molecule has 3 aromatic rings. The molecule has 1 fully saturated rings. The first-order valence-electron chi connectivity index (χ1n) is 17.1. The number of hydrogen-bond donors (Lipinski definition) is 0. The van der Waals surface area contributed by atoms with E-state index in [1.165, 1.54) is 5.56 Å². The van der Waals surface area contributed by atoms with E-state index in [2.05, 4.69) is 47.5 Å². The van der Waals surface area contributed by atoms with Crippen LogP contribution in [-0.4, -0.2) is 84.0 Å². The van der Waals surface area contributed by atoms with E-state index in [1.807, 2.05) is 22.1 Å². The summed E-state index contributed by atoms with van der Waals surface area (Å²) in [4.78, 5) is 40.6. The summed E-state index contributed by atoms with van der Waals surface area (Å²) in [5, 5.41) is 0. The Hall–Kier alpha value is -3.78. The van der Waals surface area contributed by atoms with Gasteiger partial charge < -0.3 is 28.6 Å². The van der Waals surface area contributed by atoms with E-state index in [-0.39, 0.29) is 11.8 Å². The highest BCUT2D eigenvalue weighted by atomic mass is 16.5. The molecule has 252 valence electrons. The Kier molecular flexibility index (Phi) is 12.4. The van der Waals surface area contributed by atoms with Crippen molar-refractivity contribution < 1.29 is 23.8 Å². The molecule has 1 saturated heterocycles. The maximum absolute atomic E-state index is 14.3. The van der Waals surface area contributed by atoms with Crippen LogP contribution in [0, 0.1) is 19.3 Å². The molecular weight excluding hydrogens is 594 g/mol. The van der Waals surface area contributed by atoms with E-state index in [0.29, 0.717) is 78.5 Å². The number of unbranched alkanes of at least 4 members (excludes halogenated alkanes) is 3. The molecule has 0 atom stereocenters. The topological polar surface area (TPSA) is 99.0 Å². The fraction of sp³-hybridized carbons (Fsp3) is 0.568. The van der Waals surface area contributed by atoms with Gasteiger partial charge in [-0.2, -0.15) is 0 Å². The van der Waals surface area contributed by atoms with Gasteiger partial charge in [-0.25, -0.2) is 4.98 Å². The fourth-order valence-electron chi connectivity index (χ4n) is 6.74. The molecule has 2 aromatic heterocycles. The van der Waals surface area contributed by atoms with Crippen LogP contribution in [0.15, 0.2) is 36.7 Å². The molecule has 0 aliphatic carbocycles. The quantitative estimate of drug-likeness (QED) is 0.139. The highest BCUT2D eigenvalue weighted by Crippen LogP contribution is 2.48. The van der Waals surface area contributed by atoms with Gasteiger partial charge in [0.2, 0.25) is 11.8 Å². The third kappa shape index (κ3) is 8.21. The molecule has 2 amide bonds. The summed E-state index contributed by atoms with van der Waals surface area (Å²) < 4.78 is 18.7. The second-order valence-electron chi connectivity index (χ2n) is 12.6. The summed E-state index contributed by atoms with van der Waals surface area (Å²) in [6.07, 6.45) is 15.3. The minimum atomic E-state index is -0.652. The summed E-state index contributed by atoms with van der Waals surface area (Å²) in [7, 11) is 0. The lowest BCUT2D eigenvalue weighted by Gasteiger charge is -2.38. The molecule has 0 unspecified atom stereocenters. The average Bonchev–Trinajstić information content (AvgIpc) is 3.53. The van der Waals surface area contributed by atoms with Crippen molar-refractivity contribution in [2.45, 2.75) is 83.7 Å². The number of fused-ring (bicyclic) bond motifs is 3. The summed E-state index contributed by atoms with van der Waals surface area (Å²) in [6.45, 7) is 9.71. The van der Waals surface area contributed by atoms with Gasteiger partial charge in [-0.05, 0) is 74.8 Å². The maximum atomic E-state index is 14.3. The van der Waals surface area contributed by atoms with Crippen molar-refractivity contribution in [2.75, 3.05) is 57.6 Å². The number of pyridine rings is 1. The van der Waals surface area contributed by atoms with Crippen molar-refractivity contribution in [1.82, 2.24) is 19.4 Å². The van der Waals surface area contributed by atoms with Crippen molar-refractivity contribution in [3.05, 3.63) is 53.6 Å². The molecule has 4 heterocycles. The fourth-order valence-corrected chi connectivity index (χ4v) is 6.74. The molecule has 2 aliphatic heterocycles. The minimum Gasteiger partial charge on any atom is -0.381 e. The zero-order valence-corrected chi connectivity index (χ0v) is 28.0. The zero-order chi connectivity index (χ0) is 33.1. The van der Waals surface area contributed by atoms with Crippen molar-refractivity contribution in [2.24, 2.45) is 0 Å². The van der Waals surface area contributed by atoms with Gasteiger partial charge in [-0.15, -0.1) is 6.42 Å². The number of imidazole rings is 1. The molecule has 2 aliphatic rings. The monoisotopic (exact) mass is 643 g/mol. The molecule has 1 spiro atoms. The Labute approximate surface area is 278 Å². The van der Waals surface area contributed by atoms with Gasteiger partial charge in [-0.1, -0.05) is 25.3 Å². The van der Waals surface area contributed by atoms with E-state index in [4.69, 9.17) is 25.6 Å². The number of terminal acetylenes is 1. The summed E-state index contributed by atoms with van der Waals surface area (Å²) in [5.74, 6) is 3.49. The molecule has 1 aromatic carbocycles. The van der Waals surface area contributed by atoms with Crippen molar-refractivity contribution in [3.63, 3.8) is 0 Å². The van der Waals surface area contributed by atoms with Crippen molar-refractivity contribution in [3.8, 4) is 12.3 Å². The van der Waals surface area contributed by atoms with Crippen LogP contribution in [0.2, 0.25) is 0 Å².